The van der Waals surface area contributed by atoms with Gasteiger partial charge in [0, 0.05) is 5.56 Å². The summed E-state index contributed by atoms with van der Waals surface area (Å²) in [5.74, 6) is 0.262. The Hall–Kier alpha value is -4.20. The van der Waals surface area contributed by atoms with Crippen LogP contribution in [0.5, 0.6) is 11.5 Å². The number of ketones is 1. The number of ether oxygens (including phenoxy) is 2. The summed E-state index contributed by atoms with van der Waals surface area (Å²) in [6, 6.07) is 18.4. The summed E-state index contributed by atoms with van der Waals surface area (Å²) in [6.07, 6.45) is 21.3. The molecule has 0 radical (unpaired) electrons. The van der Waals surface area contributed by atoms with Crippen LogP contribution in [0.25, 0.3) is 11.0 Å². The van der Waals surface area contributed by atoms with Gasteiger partial charge >= 0.3 is 0 Å². The molecular weight excluding hydrogens is 612 g/mol. The summed E-state index contributed by atoms with van der Waals surface area (Å²) in [5, 5.41) is 11.4. The topological polar surface area (TPSA) is 95.3 Å². The quantitative estimate of drug-likeness (QED) is 0.0453. The van der Waals surface area contributed by atoms with E-state index in [-0.39, 0.29) is 0 Å². The average molecular weight is 669 g/mol. The van der Waals surface area contributed by atoms with Crippen LogP contribution in [0.2, 0.25) is 0 Å². The van der Waals surface area contributed by atoms with Crippen molar-refractivity contribution in [3.05, 3.63) is 77.9 Å². The van der Waals surface area contributed by atoms with Crippen LogP contribution >= 0.6 is 0 Å². The van der Waals surface area contributed by atoms with Gasteiger partial charge in [0.15, 0.2) is 11.8 Å². The van der Waals surface area contributed by atoms with Gasteiger partial charge in [0.1, 0.15) is 17.0 Å². The number of aromatic nitrogens is 3. The molecule has 0 saturated carbocycles. The Morgan fingerprint density at radius 3 is 1.94 bits per heavy atom. The van der Waals surface area contributed by atoms with Crippen LogP contribution in [0.1, 0.15) is 132 Å². The lowest BCUT2D eigenvalue weighted by atomic mass is 10.0. The Balaban J connectivity index is 1.21. The molecule has 1 N–H and O–H groups in total. The van der Waals surface area contributed by atoms with Crippen molar-refractivity contribution in [2.45, 2.75) is 123 Å². The summed E-state index contributed by atoms with van der Waals surface area (Å²) in [5.41, 5.74) is 3.00. The lowest BCUT2D eigenvalue weighted by molar-refractivity contribution is -0.118. The van der Waals surface area contributed by atoms with Crippen LogP contribution in [0, 0.1) is 6.92 Å². The molecule has 1 unspecified atom stereocenters. The van der Waals surface area contributed by atoms with Crippen LogP contribution < -0.4 is 14.8 Å². The molecule has 1 atom stereocenters. The van der Waals surface area contributed by atoms with Crippen LogP contribution in [0.15, 0.2) is 66.7 Å². The first kappa shape index (κ1) is 37.6. The molecule has 4 aromatic rings. The Morgan fingerprint density at radius 1 is 0.735 bits per heavy atom. The zero-order valence-electron chi connectivity index (χ0n) is 29.9. The van der Waals surface area contributed by atoms with Crippen LogP contribution in [0.4, 0.5) is 5.69 Å². The molecule has 0 saturated heterocycles. The molecule has 3 aromatic carbocycles. The Bertz CT molecular complexity index is 1570. The first-order valence-electron chi connectivity index (χ1n) is 18.5. The van der Waals surface area contributed by atoms with Crippen molar-refractivity contribution in [3.8, 4) is 11.5 Å². The maximum absolute atomic E-state index is 14.0. The highest BCUT2D eigenvalue weighted by Crippen LogP contribution is 2.28. The maximum Gasteiger partial charge on any atom is 0.257 e. The molecule has 1 amide bonds. The molecule has 0 aliphatic carbocycles. The number of Topliss-reactive ketones (excluding diaryl/α,β-unsaturated/α-hetero) is 1. The van der Waals surface area contributed by atoms with Gasteiger partial charge in [-0.1, -0.05) is 133 Å². The third kappa shape index (κ3) is 11.7. The van der Waals surface area contributed by atoms with Crippen molar-refractivity contribution in [2.75, 3.05) is 19.0 Å². The fourth-order valence-electron chi connectivity index (χ4n) is 6.29. The smallest absolute Gasteiger partial charge is 0.257 e. The summed E-state index contributed by atoms with van der Waals surface area (Å²) in [4.78, 5) is 27.7. The molecule has 4 rings (SSSR count). The van der Waals surface area contributed by atoms with E-state index in [1.54, 1.807) is 42.5 Å². The number of benzene rings is 3. The number of methoxy groups -OCH3 is 1. The van der Waals surface area contributed by atoms with Gasteiger partial charge in [0.25, 0.3) is 5.91 Å². The van der Waals surface area contributed by atoms with E-state index < -0.39 is 17.7 Å². The minimum Gasteiger partial charge on any atom is -0.495 e. The molecule has 264 valence electrons. The van der Waals surface area contributed by atoms with Crippen molar-refractivity contribution >= 4 is 28.4 Å². The second-order valence-corrected chi connectivity index (χ2v) is 13.1. The van der Waals surface area contributed by atoms with Gasteiger partial charge in [0.2, 0.25) is 0 Å². The van der Waals surface area contributed by atoms with E-state index in [1.807, 2.05) is 31.2 Å². The molecule has 0 aliphatic heterocycles. The van der Waals surface area contributed by atoms with Crippen molar-refractivity contribution < 1.29 is 19.1 Å². The van der Waals surface area contributed by atoms with Crippen molar-refractivity contribution in [1.82, 2.24) is 15.0 Å². The number of nitrogens with zero attached hydrogens (tertiary/aromatic N) is 3. The lowest BCUT2D eigenvalue weighted by Gasteiger charge is -2.18. The third-order valence-corrected chi connectivity index (χ3v) is 9.22. The SMILES string of the molecule is CCCCCCCCCCCCCCCCCCOc1ccc(C(=O)C(C(=O)Nc2ccccc2OC)n2nnc3c(C)cccc32)cc1. The zero-order valence-corrected chi connectivity index (χ0v) is 29.9. The van der Waals surface area contributed by atoms with E-state index in [2.05, 4.69) is 22.6 Å². The number of hydrogen-bond donors (Lipinski definition) is 1. The van der Waals surface area contributed by atoms with E-state index in [4.69, 9.17) is 9.47 Å². The summed E-state index contributed by atoms with van der Waals surface area (Å²) >= 11 is 0. The fourth-order valence-corrected chi connectivity index (χ4v) is 6.29. The maximum atomic E-state index is 14.0. The molecule has 8 nitrogen and oxygen atoms in total. The Morgan fingerprint density at radius 2 is 1.33 bits per heavy atom. The number of nitrogens with one attached hydrogen (secondary N) is 1. The van der Waals surface area contributed by atoms with Gasteiger partial charge in [-0.05, 0) is 61.4 Å². The van der Waals surface area contributed by atoms with Gasteiger partial charge in [-0.25, -0.2) is 4.68 Å². The number of para-hydroxylation sites is 2. The number of aryl methyl sites for hydroxylation is 1. The normalized spacial score (nSPS) is 11.8. The highest BCUT2D eigenvalue weighted by molar-refractivity contribution is 6.16. The van der Waals surface area contributed by atoms with Crippen LogP contribution in [0.3, 0.4) is 0 Å². The average Bonchev–Trinajstić information content (AvgIpc) is 3.55. The first-order valence-corrected chi connectivity index (χ1v) is 18.5. The first-order chi connectivity index (χ1) is 24.0. The number of fused-ring (bicyclic) bond motifs is 1. The summed E-state index contributed by atoms with van der Waals surface area (Å²) in [7, 11) is 1.53. The number of amides is 1. The largest absolute Gasteiger partial charge is 0.495 e. The number of hydrogen-bond acceptors (Lipinski definition) is 6. The van der Waals surface area contributed by atoms with E-state index in [0.717, 1.165) is 18.4 Å². The number of unbranched alkanes of at least 4 members (excludes halogenated alkanes) is 15. The van der Waals surface area contributed by atoms with Gasteiger partial charge < -0.3 is 14.8 Å². The predicted molar refractivity (Wildman–Crippen MR) is 199 cm³/mol. The molecule has 0 aliphatic rings. The third-order valence-electron chi connectivity index (χ3n) is 9.22. The van der Waals surface area contributed by atoms with Crippen LogP contribution in [-0.2, 0) is 4.79 Å². The molecule has 0 spiro atoms. The standard InChI is InChI=1S/C41H56N4O4/c1-4-5-6-7-8-9-10-11-12-13-14-15-16-17-18-21-31-49-34-29-27-33(28-30-34)40(46)39(41(47)42-35-24-19-20-26-37(35)48-3)45-36-25-22-23-32(2)38(36)43-44-45/h19-20,22-30,39H,4-18,21,31H2,1-3H3,(H,42,47). The molecule has 0 bridgehead atoms. The van der Waals surface area contributed by atoms with Crippen molar-refractivity contribution in [3.63, 3.8) is 0 Å². The van der Waals surface area contributed by atoms with Gasteiger partial charge in [-0.15, -0.1) is 5.10 Å². The fraction of sp³-hybridized carbons (Fsp3) is 0.512. The molecule has 1 heterocycles. The second kappa shape index (κ2) is 21.0. The van der Waals surface area contributed by atoms with Gasteiger partial charge in [0.05, 0.1) is 24.9 Å². The number of carbonyl (C=O) groups is 2. The highest BCUT2D eigenvalue weighted by atomic mass is 16.5. The van der Waals surface area contributed by atoms with E-state index >= 15 is 0 Å². The summed E-state index contributed by atoms with van der Waals surface area (Å²) < 4.78 is 12.8. The minimum absolute atomic E-state index is 0.381. The van der Waals surface area contributed by atoms with Gasteiger partial charge in [-0.3, -0.25) is 9.59 Å². The van der Waals surface area contributed by atoms with Crippen molar-refractivity contribution in [1.29, 1.82) is 0 Å². The molecule has 1 aromatic heterocycles. The van der Waals surface area contributed by atoms with Crippen LogP contribution in [-0.4, -0.2) is 40.4 Å². The van der Waals surface area contributed by atoms with E-state index in [9.17, 15) is 9.59 Å². The molecule has 8 heteroatoms. The monoisotopic (exact) mass is 668 g/mol. The Labute approximate surface area is 293 Å². The number of carbonyl (C=O) groups excluding carboxylic acids is 2. The number of anilines is 1. The Kier molecular flexibility index (Phi) is 16.1. The zero-order chi connectivity index (χ0) is 34.7. The predicted octanol–water partition coefficient (Wildman–Crippen LogP) is 10.5. The summed E-state index contributed by atoms with van der Waals surface area (Å²) in [6.45, 7) is 4.84. The number of rotatable bonds is 24. The van der Waals surface area contributed by atoms with Gasteiger partial charge in [-0.2, -0.15) is 0 Å². The molecule has 0 fully saturated rings. The molecule has 49 heavy (non-hydrogen) atoms. The molecular formula is C41H56N4O4. The minimum atomic E-state index is -1.28. The van der Waals surface area contributed by atoms with E-state index in [0.29, 0.717) is 40.4 Å². The second-order valence-electron chi connectivity index (χ2n) is 13.1. The highest BCUT2D eigenvalue weighted by Gasteiger charge is 2.33. The van der Waals surface area contributed by atoms with Crippen molar-refractivity contribution in [2.24, 2.45) is 0 Å². The lowest BCUT2D eigenvalue weighted by Crippen LogP contribution is -2.33. The van der Waals surface area contributed by atoms with E-state index in [1.165, 1.54) is 102 Å².